The second-order valence-electron chi connectivity index (χ2n) is 3.55. The number of hydrogen-bond donors (Lipinski definition) is 1. The molecular formula is C12H9BO2. The van der Waals surface area contributed by atoms with Gasteiger partial charge in [-0.3, -0.25) is 0 Å². The van der Waals surface area contributed by atoms with E-state index < -0.39 is 0 Å². The molecule has 1 N–H and O–H groups in total. The molecule has 0 bridgehead atoms. The van der Waals surface area contributed by atoms with Crippen LogP contribution in [0.25, 0.3) is 21.9 Å². The molecule has 3 aromatic rings. The van der Waals surface area contributed by atoms with Gasteiger partial charge in [-0.25, -0.2) is 0 Å². The SMILES string of the molecule is OBc1cccc2c1oc1ccccc12. The standard InChI is InChI=1S/C12H9BO2/c14-13-10-6-3-5-9-8-4-1-2-7-11(8)15-12(9)10/h1-7,13-14H. The van der Waals surface area contributed by atoms with Crippen molar-refractivity contribution >= 4 is 34.9 Å². The van der Waals surface area contributed by atoms with E-state index in [4.69, 9.17) is 4.42 Å². The van der Waals surface area contributed by atoms with E-state index in [0.29, 0.717) is 0 Å². The average molecular weight is 196 g/mol. The van der Waals surface area contributed by atoms with Gasteiger partial charge in [0.2, 0.25) is 0 Å². The van der Waals surface area contributed by atoms with Gasteiger partial charge in [-0.15, -0.1) is 0 Å². The molecule has 1 aromatic heterocycles. The van der Waals surface area contributed by atoms with Crippen LogP contribution in [0.3, 0.4) is 0 Å². The summed E-state index contributed by atoms with van der Waals surface area (Å²) >= 11 is 0. The molecule has 0 aliphatic carbocycles. The van der Waals surface area contributed by atoms with Crippen LogP contribution in [0.1, 0.15) is 0 Å². The third kappa shape index (κ3) is 1.17. The number of benzene rings is 2. The minimum atomic E-state index is 0.0111. The lowest BCUT2D eigenvalue weighted by Gasteiger charge is -1.94. The predicted molar refractivity (Wildman–Crippen MR) is 62.7 cm³/mol. The average Bonchev–Trinajstić information content (AvgIpc) is 2.67. The summed E-state index contributed by atoms with van der Waals surface area (Å²) in [5, 5.41) is 11.4. The van der Waals surface area contributed by atoms with Crippen LogP contribution < -0.4 is 5.46 Å². The molecule has 0 saturated heterocycles. The molecule has 3 heteroatoms. The van der Waals surface area contributed by atoms with Gasteiger partial charge in [-0.2, -0.15) is 0 Å². The van der Waals surface area contributed by atoms with Crippen LogP contribution in [0.2, 0.25) is 0 Å². The summed E-state index contributed by atoms with van der Waals surface area (Å²) in [6, 6.07) is 13.7. The Bertz CT molecular complexity index is 628. The zero-order valence-electron chi connectivity index (χ0n) is 8.10. The Morgan fingerprint density at radius 1 is 0.933 bits per heavy atom. The van der Waals surface area contributed by atoms with Gasteiger partial charge in [-0.05, 0) is 11.5 Å². The number of fused-ring (bicyclic) bond motifs is 3. The van der Waals surface area contributed by atoms with Crippen molar-refractivity contribution in [2.75, 3.05) is 0 Å². The van der Waals surface area contributed by atoms with E-state index in [-0.39, 0.29) is 7.48 Å². The third-order valence-electron chi connectivity index (χ3n) is 2.66. The van der Waals surface area contributed by atoms with Gasteiger partial charge in [0, 0.05) is 10.8 Å². The second-order valence-corrected chi connectivity index (χ2v) is 3.55. The van der Waals surface area contributed by atoms with Crippen molar-refractivity contribution in [3.8, 4) is 0 Å². The summed E-state index contributed by atoms with van der Waals surface area (Å²) in [4.78, 5) is 0. The van der Waals surface area contributed by atoms with Crippen molar-refractivity contribution in [2.24, 2.45) is 0 Å². The monoisotopic (exact) mass is 196 g/mol. The molecule has 0 aliphatic rings. The van der Waals surface area contributed by atoms with E-state index in [1.807, 2.05) is 42.5 Å². The Hall–Kier alpha value is -1.74. The number of furan rings is 1. The summed E-state index contributed by atoms with van der Waals surface area (Å²) in [6.07, 6.45) is 0. The Morgan fingerprint density at radius 3 is 2.60 bits per heavy atom. The van der Waals surface area contributed by atoms with Gasteiger partial charge in [0.05, 0.1) is 0 Å². The first kappa shape index (κ1) is 8.56. The van der Waals surface area contributed by atoms with Crippen LogP contribution >= 0.6 is 0 Å². The summed E-state index contributed by atoms with van der Waals surface area (Å²) in [5.41, 5.74) is 2.50. The highest BCUT2D eigenvalue weighted by molar-refractivity contribution is 6.50. The lowest BCUT2D eigenvalue weighted by atomic mass is 9.87. The highest BCUT2D eigenvalue weighted by Gasteiger charge is 2.09. The van der Waals surface area contributed by atoms with Crippen LogP contribution in [0, 0.1) is 0 Å². The maximum atomic E-state index is 9.20. The van der Waals surface area contributed by atoms with E-state index in [1.54, 1.807) is 0 Å². The van der Waals surface area contributed by atoms with Crippen LogP contribution in [-0.4, -0.2) is 12.5 Å². The van der Waals surface area contributed by atoms with Crippen molar-refractivity contribution < 1.29 is 9.44 Å². The molecule has 0 spiro atoms. The molecule has 1 heterocycles. The minimum absolute atomic E-state index is 0.0111. The number of hydrogen-bond acceptors (Lipinski definition) is 2. The van der Waals surface area contributed by atoms with E-state index in [2.05, 4.69) is 0 Å². The van der Waals surface area contributed by atoms with Crippen molar-refractivity contribution in [1.29, 1.82) is 0 Å². The van der Waals surface area contributed by atoms with Gasteiger partial charge in [0.25, 0.3) is 0 Å². The van der Waals surface area contributed by atoms with Gasteiger partial charge >= 0.3 is 7.48 Å². The molecule has 72 valence electrons. The smallest absolute Gasteiger partial charge is 0.308 e. The summed E-state index contributed by atoms with van der Waals surface area (Å²) in [5.74, 6) is 0. The molecule has 0 saturated carbocycles. The van der Waals surface area contributed by atoms with Crippen molar-refractivity contribution in [3.05, 3.63) is 42.5 Å². The normalized spacial score (nSPS) is 11.0. The van der Waals surface area contributed by atoms with Gasteiger partial charge in [-0.1, -0.05) is 36.4 Å². The highest BCUT2D eigenvalue weighted by Crippen LogP contribution is 2.26. The fourth-order valence-corrected chi connectivity index (χ4v) is 1.93. The molecule has 0 amide bonds. The summed E-state index contributed by atoms with van der Waals surface area (Å²) in [7, 11) is 0.0111. The van der Waals surface area contributed by atoms with Crippen molar-refractivity contribution in [3.63, 3.8) is 0 Å². The van der Waals surface area contributed by atoms with Crippen molar-refractivity contribution in [1.82, 2.24) is 0 Å². The van der Waals surface area contributed by atoms with E-state index in [9.17, 15) is 5.02 Å². The molecule has 3 rings (SSSR count). The fraction of sp³-hybridized carbons (Fsp3) is 0. The molecule has 0 unspecified atom stereocenters. The molecule has 0 aliphatic heterocycles. The predicted octanol–water partition coefficient (Wildman–Crippen LogP) is 1.56. The first-order valence-electron chi connectivity index (χ1n) is 4.90. The molecular weight excluding hydrogens is 187 g/mol. The topological polar surface area (TPSA) is 33.4 Å². The molecule has 0 fully saturated rings. The third-order valence-corrected chi connectivity index (χ3v) is 2.66. The van der Waals surface area contributed by atoms with Crippen LogP contribution in [-0.2, 0) is 0 Å². The molecule has 2 nitrogen and oxygen atoms in total. The summed E-state index contributed by atoms with van der Waals surface area (Å²) < 4.78 is 5.71. The van der Waals surface area contributed by atoms with Gasteiger partial charge in [0.1, 0.15) is 11.2 Å². The maximum absolute atomic E-state index is 9.20. The Morgan fingerprint density at radius 2 is 1.73 bits per heavy atom. The lowest BCUT2D eigenvalue weighted by molar-refractivity contribution is 0.613. The Balaban J connectivity index is 2.53. The second kappa shape index (κ2) is 3.14. The van der Waals surface area contributed by atoms with E-state index >= 15 is 0 Å². The van der Waals surface area contributed by atoms with E-state index in [0.717, 1.165) is 27.4 Å². The van der Waals surface area contributed by atoms with Crippen LogP contribution in [0.4, 0.5) is 0 Å². The van der Waals surface area contributed by atoms with Crippen molar-refractivity contribution in [2.45, 2.75) is 0 Å². The molecule has 2 aromatic carbocycles. The zero-order chi connectivity index (χ0) is 10.3. The molecule has 0 atom stereocenters. The first-order chi connectivity index (χ1) is 7.40. The Labute approximate surface area is 87.4 Å². The van der Waals surface area contributed by atoms with Crippen LogP contribution in [0.15, 0.2) is 46.9 Å². The lowest BCUT2D eigenvalue weighted by Crippen LogP contribution is -2.12. The van der Waals surface area contributed by atoms with Crippen LogP contribution in [0.5, 0.6) is 0 Å². The molecule has 15 heavy (non-hydrogen) atoms. The fourth-order valence-electron chi connectivity index (χ4n) is 1.93. The zero-order valence-corrected chi connectivity index (χ0v) is 8.10. The number of para-hydroxylation sites is 2. The highest BCUT2D eigenvalue weighted by atomic mass is 16.3. The number of rotatable bonds is 1. The first-order valence-corrected chi connectivity index (χ1v) is 4.90. The minimum Gasteiger partial charge on any atom is -0.457 e. The molecule has 0 radical (unpaired) electrons. The maximum Gasteiger partial charge on any atom is 0.308 e. The van der Waals surface area contributed by atoms with E-state index in [1.165, 1.54) is 0 Å². The quantitative estimate of drug-likeness (QED) is 0.599. The van der Waals surface area contributed by atoms with Gasteiger partial charge < -0.3 is 9.44 Å². The Kier molecular flexibility index (Phi) is 1.79. The summed E-state index contributed by atoms with van der Waals surface area (Å²) in [6.45, 7) is 0. The largest absolute Gasteiger partial charge is 0.457 e. The van der Waals surface area contributed by atoms with Gasteiger partial charge in [0.15, 0.2) is 0 Å².